The molecule has 0 aromatic heterocycles. The molecule has 1 aliphatic rings. The molecule has 2 unspecified atom stereocenters. The maximum absolute atomic E-state index is 11.2. The molecule has 0 aromatic rings. The fraction of sp³-hybridized carbons (Fsp3) is 0.769. The Morgan fingerprint density at radius 2 is 1.03 bits per heavy atom. The van der Waals surface area contributed by atoms with E-state index in [2.05, 4.69) is 23.8 Å². The van der Waals surface area contributed by atoms with Crippen LogP contribution in [0.2, 0.25) is 0 Å². The highest BCUT2D eigenvalue weighted by molar-refractivity contribution is 5.87. The van der Waals surface area contributed by atoms with Crippen LogP contribution in [0.25, 0.3) is 0 Å². The summed E-state index contributed by atoms with van der Waals surface area (Å²) in [6.07, 6.45) is 18.9. The van der Waals surface area contributed by atoms with Crippen LogP contribution < -0.4 is 10.6 Å². The standard InChI is InChI=1S/C26H46N2O4/c1-3-25(29)27-19-13-15-21-31-23-17-11-9-7-5-6-8-10-12-18-24(23)32-22-16-14-20-28-26(30)4-2/h3-4,23-24H,1-2,5-22H2,(H,27,29)(H,28,30). The molecule has 0 heterocycles. The number of carbonyl (C=O) groups excluding carboxylic acids is 2. The summed E-state index contributed by atoms with van der Waals surface area (Å²) in [5.41, 5.74) is 0. The summed E-state index contributed by atoms with van der Waals surface area (Å²) >= 11 is 0. The number of ether oxygens (including phenoxy) is 2. The van der Waals surface area contributed by atoms with E-state index in [0.29, 0.717) is 26.3 Å². The third-order valence-electron chi connectivity index (χ3n) is 5.92. The molecule has 1 aliphatic carbocycles. The molecule has 1 fully saturated rings. The van der Waals surface area contributed by atoms with Crippen molar-refractivity contribution in [3.05, 3.63) is 25.3 Å². The van der Waals surface area contributed by atoms with Gasteiger partial charge in [-0.3, -0.25) is 9.59 Å². The van der Waals surface area contributed by atoms with Crippen LogP contribution in [0.4, 0.5) is 0 Å². The minimum atomic E-state index is -0.122. The van der Waals surface area contributed by atoms with Gasteiger partial charge in [-0.1, -0.05) is 64.5 Å². The van der Waals surface area contributed by atoms with E-state index in [-0.39, 0.29) is 24.0 Å². The molecule has 6 nitrogen and oxygen atoms in total. The van der Waals surface area contributed by atoms with Crippen molar-refractivity contribution in [1.82, 2.24) is 10.6 Å². The highest BCUT2D eigenvalue weighted by Gasteiger charge is 2.23. The van der Waals surface area contributed by atoms with Gasteiger partial charge in [0, 0.05) is 26.3 Å². The van der Waals surface area contributed by atoms with Crippen LogP contribution in [0.5, 0.6) is 0 Å². The maximum Gasteiger partial charge on any atom is 0.243 e. The lowest BCUT2D eigenvalue weighted by atomic mass is 9.97. The lowest BCUT2D eigenvalue weighted by Gasteiger charge is -2.28. The van der Waals surface area contributed by atoms with E-state index in [1.807, 2.05) is 0 Å². The van der Waals surface area contributed by atoms with E-state index in [0.717, 1.165) is 38.5 Å². The van der Waals surface area contributed by atoms with Crippen molar-refractivity contribution >= 4 is 11.8 Å². The van der Waals surface area contributed by atoms with Gasteiger partial charge in [0.2, 0.25) is 11.8 Å². The van der Waals surface area contributed by atoms with Gasteiger partial charge in [0.25, 0.3) is 0 Å². The quantitative estimate of drug-likeness (QED) is 0.293. The molecule has 1 saturated carbocycles. The maximum atomic E-state index is 11.2. The van der Waals surface area contributed by atoms with Gasteiger partial charge in [-0.25, -0.2) is 0 Å². The zero-order chi connectivity index (χ0) is 23.3. The predicted octanol–water partition coefficient (Wildman–Crippen LogP) is 4.84. The fourth-order valence-electron chi connectivity index (χ4n) is 4.00. The molecule has 0 radical (unpaired) electrons. The van der Waals surface area contributed by atoms with E-state index in [9.17, 15) is 9.59 Å². The molecule has 0 bridgehead atoms. The summed E-state index contributed by atoms with van der Waals surface area (Å²) in [6, 6.07) is 0. The second-order valence-corrected chi connectivity index (χ2v) is 8.63. The lowest BCUT2D eigenvalue weighted by Crippen LogP contribution is -2.33. The van der Waals surface area contributed by atoms with Crippen molar-refractivity contribution in [2.45, 2.75) is 102 Å². The van der Waals surface area contributed by atoms with Crippen LogP contribution in [-0.4, -0.2) is 50.3 Å². The third kappa shape index (κ3) is 15.2. The van der Waals surface area contributed by atoms with Crippen LogP contribution in [0, 0.1) is 0 Å². The molecule has 184 valence electrons. The molecule has 0 aromatic carbocycles. The van der Waals surface area contributed by atoms with Gasteiger partial charge in [-0.2, -0.15) is 0 Å². The Labute approximate surface area is 195 Å². The molecule has 32 heavy (non-hydrogen) atoms. The summed E-state index contributed by atoms with van der Waals surface area (Å²) in [7, 11) is 0. The van der Waals surface area contributed by atoms with Gasteiger partial charge in [-0.05, 0) is 50.7 Å². The van der Waals surface area contributed by atoms with Crippen molar-refractivity contribution in [2.75, 3.05) is 26.3 Å². The second kappa shape index (κ2) is 20.0. The Balaban J connectivity index is 2.44. The average Bonchev–Trinajstić information content (AvgIpc) is 2.80. The third-order valence-corrected chi connectivity index (χ3v) is 5.92. The Kier molecular flexibility index (Phi) is 17.7. The van der Waals surface area contributed by atoms with Crippen molar-refractivity contribution in [2.24, 2.45) is 0 Å². The highest BCUT2D eigenvalue weighted by Crippen LogP contribution is 2.22. The zero-order valence-corrected chi connectivity index (χ0v) is 20.1. The van der Waals surface area contributed by atoms with Gasteiger partial charge >= 0.3 is 0 Å². The van der Waals surface area contributed by atoms with Crippen LogP contribution in [-0.2, 0) is 19.1 Å². The first-order valence-corrected chi connectivity index (χ1v) is 12.7. The monoisotopic (exact) mass is 450 g/mol. The topological polar surface area (TPSA) is 76.7 Å². The predicted molar refractivity (Wildman–Crippen MR) is 131 cm³/mol. The van der Waals surface area contributed by atoms with E-state index in [4.69, 9.17) is 9.47 Å². The minimum absolute atomic E-state index is 0.122. The van der Waals surface area contributed by atoms with Crippen LogP contribution in [0.1, 0.15) is 89.9 Å². The van der Waals surface area contributed by atoms with Gasteiger partial charge in [0.15, 0.2) is 0 Å². The number of unbranched alkanes of at least 4 members (excludes halogenated alkanes) is 2. The van der Waals surface area contributed by atoms with Gasteiger partial charge in [0.05, 0.1) is 12.2 Å². The number of hydrogen-bond acceptors (Lipinski definition) is 4. The Bertz CT molecular complexity index is 478. The normalized spacial score (nSPS) is 20.4. The van der Waals surface area contributed by atoms with Crippen LogP contribution in [0.3, 0.4) is 0 Å². The lowest BCUT2D eigenvalue weighted by molar-refractivity contribution is -0.117. The summed E-state index contributed by atoms with van der Waals surface area (Å²) in [6.45, 7) is 9.64. The molecule has 0 saturated heterocycles. The zero-order valence-electron chi connectivity index (χ0n) is 20.1. The first kappa shape index (κ1) is 28.4. The largest absolute Gasteiger partial charge is 0.376 e. The van der Waals surface area contributed by atoms with Crippen LogP contribution in [0.15, 0.2) is 25.3 Å². The Morgan fingerprint density at radius 1 is 0.656 bits per heavy atom. The molecule has 2 atom stereocenters. The first-order valence-electron chi connectivity index (χ1n) is 12.7. The summed E-state index contributed by atoms with van der Waals surface area (Å²) in [5, 5.41) is 5.62. The summed E-state index contributed by atoms with van der Waals surface area (Å²) in [5.74, 6) is -0.245. The number of amides is 2. The van der Waals surface area contributed by atoms with Crippen LogP contribution >= 0.6 is 0 Å². The molecule has 1 rings (SSSR count). The van der Waals surface area contributed by atoms with Gasteiger partial charge in [0.1, 0.15) is 0 Å². The average molecular weight is 451 g/mol. The Morgan fingerprint density at radius 3 is 1.41 bits per heavy atom. The highest BCUT2D eigenvalue weighted by atomic mass is 16.5. The molecule has 6 heteroatoms. The molecule has 2 N–H and O–H groups in total. The second-order valence-electron chi connectivity index (χ2n) is 8.63. The van der Waals surface area contributed by atoms with Crippen molar-refractivity contribution in [3.8, 4) is 0 Å². The van der Waals surface area contributed by atoms with Crippen molar-refractivity contribution in [3.63, 3.8) is 0 Å². The molecular formula is C26H46N2O4. The molecule has 0 aliphatic heterocycles. The van der Waals surface area contributed by atoms with E-state index < -0.39 is 0 Å². The van der Waals surface area contributed by atoms with Crippen molar-refractivity contribution in [1.29, 1.82) is 0 Å². The van der Waals surface area contributed by atoms with E-state index >= 15 is 0 Å². The van der Waals surface area contributed by atoms with E-state index in [1.165, 1.54) is 63.5 Å². The van der Waals surface area contributed by atoms with Gasteiger partial charge in [-0.15, -0.1) is 0 Å². The number of rotatable bonds is 14. The fourth-order valence-corrected chi connectivity index (χ4v) is 4.00. The van der Waals surface area contributed by atoms with Gasteiger partial charge < -0.3 is 20.1 Å². The number of carbonyl (C=O) groups is 2. The summed E-state index contributed by atoms with van der Waals surface area (Å²) < 4.78 is 12.7. The first-order chi connectivity index (χ1) is 15.7. The number of nitrogens with one attached hydrogen (secondary N) is 2. The number of hydrogen-bond donors (Lipinski definition) is 2. The van der Waals surface area contributed by atoms with Crippen molar-refractivity contribution < 1.29 is 19.1 Å². The molecule has 2 amide bonds. The molecule has 0 spiro atoms. The smallest absolute Gasteiger partial charge is 0.243 e. The molecular weight excluding hydrogens is 404 g/mol. The minimum Gasteiger partial charge on any atom is -0.376 e. The SMILES string of the molecule is C=CC(=O)NCCCCOC1CCCCCCCCCCC1OCCCCNC(=O)C=C. The summed E-state index contributed by atoms with van der Waals surface area (Å²) in [4.78, 5) is 22.5. The van der Waals surface area contributed by atoms with E-state index in [1.54, 1.807) is 0 Å². The Hall–Kier alpha value is -1.66.